The van der Waals surface area contributed by atoms with E-state index in [1.165, 1.54) is 51.4 Å². The van der Waals surface area contributed by atoms with Gasteiger partial charge in [0.1, 0.15) is 0 Å². The molecule has 0 aromatic heterocycles. The third kappa shape index (κ3) is 20.1. The monoisotopic (exact) mass is 551 g/mol. The van der Waals surface area contributed by atoms with Crippen molar-refractivity contribution in [3.63, 3.8) is 0 Å². The molecule has 0 saturated heterocycles. The van der Waals surface area contributed by atoms with Crippen LogP contribution in [0.2, 0.25) is 0 Å². The fourth-order valence-electron chi connectivity index (χ4n) is 4.15. The predicted octanol–water partition coefficient (Wildman–Crippen LogP) is 6.17. The second-order valence-electron chi connectivity index (χ2n) is 9.82. The van der Waals surface area contributed by atoms with E-state index in [1.807, 2.05) is 12.1 Å². The second kappa shape index (κ2) is 21.9. The number of unbranched alkanes of at least 4 members (excludes halogenated alkanes) is 11. The molecule has 0 radical (unpaired) electrons. The fraction of sp³-hybridized carbons (Fsp3) is 0.633. The number of rotatable bonds is 23. The van der Waals surface area contributed by atoms with E-state index in [9.17, 15) is 19.5 Å². The van der Waals surface area contributed by atoms with Gasteiger partial charge in [-0.1, -0.05) is 51.2 Å². The van der Waals surface area contributed by atoms with Gasteiger partial charge in [-0.15, -0.1) is 0 Å². The third-order valence-corrected chi connectivity index (χ3v) is 6.79. The standard InChI is InChI=1S/C30H50NO6P/c1-3-5-6-7-8-9-10-11-12-13-14-15-16-17-18-19-30(32)31-28(26-37-38(33,34)35)25-27-20-22-29(23-21-27)36-24-4-2/h2,11-12,20-23,28,33-35,38H,3,5-10,13-19,24-26H2,1H3,(H,31,32)/b12-11-. The van der Waals surface area contributed by atoms with Crippen molar-refractivity contribution in [3.05, 3.63) is 42.0 Å². The van der Waals surface area contributed by atoms with Gasteiger partial charge in [0.25, 0.3) is 0 Å². The first-order valence-corrected chi connectivity index (χ1v) is 16.0. The molecule has 0 bridgehead atoms. The molecule has 0 aliphatic carbocycles. The van der Waals surface area contributed by atoms with Crippen molar-refractivity contribution >= 4 is 14.1 Å². The fourth-order valence-corrected chi connectivity index (χ4v) is 4.58. The number of amides is 1. The molecule has 1 atom stereocenters. The summed E-state index contributed by atoms with van der Waals surface area (Å²) in [7, 11) is -4.67. The van der Waals surface area contributed by atoms with Gasteiger partial charge in [-0.05, 0) is 12.8 Å². The Kier molecular flexibility index (Phi) is 19.7. The number of hydrogen-bond acceptors (Lipinski definition) is 6. The van der Waals surface area contributed by atoms with Crippen LogP contribution in [-0.2, 0) is 15.7 Å². The average Bonchev–Trinajstić information content (AvgIpc) is 2.88. The molecule has 0 aliphatic rings. The summed E-state index contributed by atoms with van der Waals surface area (Å²) in [6, 6.07) is 6.73. The Balaban J connectivity index is 2.24. The first kappa shape index (κ1) is 34.1. The number of terminal acetylenes is 1. The molecule has 1 rings (SSSR count). The van der Waals surface area contributed by atoms with Crippen LogP contribution in [-0.4, -0.2) is 39.8 Å². The van der Waals surface area contributed by atoms with E-state index in [4.69, 9.17) is 15.7 Å². The SMILES string of the molecule is C#CCOc1ccc(CC(CO[PH](O)(O)O)NC(=O)CCCCCCC/C=C\CCCCCCCC)cc1. The molecule has 216 valence electrons. The van der Waals surface area contributed by atoms with Gasteiger partial charge in [0.15, 0.2) is 0 Å². The van der Waals surface area contributed by atoms with Gasteiger partial charge in [0, 0.05) is 0 Å². The number of carbonyl (C=O) groups excluding carboxylic acids is 1. The Hall–Kier alpha value is -1.94. The number of carbonyl (C=O) groups is 1. The van der Waals surface area contributed by atoms with Crippen LogP contribution in [0.1, 0.15) is 102 Å². The van der Waals surface area contributed by atoms with Gasteiger partial charge >= 0.3 is 167 Å². The summed E-state index contributed by atoms with van der Waals surface area (Å²) in [6.45, 7) is 2.22. The van der Waals surface area contributed by atoms with Crippen molar-refractivity contribution in [3.8, 4) is 18.1 Å². The van der Waals surface area contributed by atoms with Crippen LogP contribution < -0.4 is 10.1 Å². The Labute approximate surface area is 230 Å². The van der Waals surface area contributed by atoms with Gasteiger partial charge in [-0.3, -0.25) is 0 Å². The Morgan fingerprint density at radius 2 is 1.53 bits per heavy atom. The predicted molar refractivity (Wildman–Crippen MR) is 157 cm³/mol. The summed E-state index contributed by atoms with van der Waals surface area (Å²) in [5.74, 6) is 2.93. The van der Waals surface area contributed by atoms with Crippen molar-refractivity contribution in [2.45, 2.75) is 109 Å². The quantitative estimate of drug-likeness (QED) is 0.0561. The first-order valence-electron chi connectivity index (χ1n) is 14.2. The maximum atomic E-state index is 12.5. The average molecular weight is 552 g/mol. The van der Waals surface area contributed by atoms with E-state index >= 15 is 0 Å². The molecule has 4 N–H and O–H groups in total. The summed E-state index contributed by atoms with van der Waals surface area (Å²) in [5, 5.41) is 2.89. The van der Waals surface area contributed by atoms with Crippen LogP contribution in [0.4, 0.5) is 0 Å². The molecule has 38 heavy (non-hydrogen) atoms. The Bertz CT molecular complexity index is 800. The molecule has 0 aliphatic heterocycles. The molecule has 1 aromatic carbocycles. The molecule has 1 unspecified atom stereocenters. The van der Waals surface area contributed by atoms with Crippen molar-refractivity contribution in [2.75, 3.05) is 13.2 Å². The topological polar surface area (TPSA) is 108 Å². The summed E-state index contributed by atoms with van der Waals surface area (Å²) >= 11 is 0. The van der Waals surface area contributed by atoms with E-state index in [0.29, 0.717) is 18.6 Å². The number of hydrogen-bond donors (Lipinski definition) is 4. The second-order valence-corrected chi connectivity index (χ2v) is 11.3. The molecule has 7 nitrogen and oxygen atoms in total. The van der Waals surface area contributed by atoms with E-state index in [1.54, 1.807) is 12.1 Å². The zero-order valence-electron chi connectivity index (χ0n) is 23.2. The van der Waals surface area contributed by atoms with Gasteiger partial charge in [-0.2, -0.15) is 0 Å². The van der Waals surface area contributed by atoms with Crippen molar-refractivity contribution < 1.29 is 28.7 Å². The van der Waals surface area contributed by atoms with Crippen LogP contribution in [0.15, 0.2) is 36.4 Å². The van der Waals surface area contributed by atoms with Crippen molar-refractivity contribution in [1.82, 2.24) is 5.32 Å². The molecular formula is C30H50NO6P. The zero-order chi connectivity index (χ0) is 27.9. The molecule has 0 fully saturated rings. The molecule has 1 amide bonds. The van der Waals surface area contributed by atoms with Crippen molar-refractivity contribution in [2.24, 2.45) is 0 Å². The Morgan fingerprint density at radius 1 is 0.947 bits per heavy atom. The summed E-state index contributed by atoms with van der Waals surface area (Å²) in [5.41, 5.74) is 0.897. The van der Waals surface area contributed by atoms with E-state index in [0.717, 1.165) is 37.7 Å². The minimum atomic E-state index is -4.67. The van der Waals surface area contributed by atoms with Gasteiger partial charge in [0.2, 0.25) is 0 Å². The summed E-state index contributed by atoms with van der Waals surface area (Å²) < 4.78 is 10.2. The summed E-state index contributed by atoms with van der Waals surface area (Å²) in [6.07, 6.45) is 26.2. The molecule has 0 saturated carbocycles. The number of allylic oxidation sites excluding steroid dienone is 2. The van der Waals surface area contributed by atoms with Crippen LogP contribution >= 0.6 is 8.17 Å². The molecule has 0 spiro atoms. The van der Waals surface area contributed by atoms with Crippen LogP contribution in [0.5, 0.6) is 5.75 Å². The number of nitrogens with one attached hydrogen (secondary N) is 1. The number of benzene rings is 1. The Morgan fingerprint density at radius 3 is 2.11 bits per heavy atom. The van der Waals surface area contributed by atoms with E-state index < -0.39 is 14.2 Å². The molecule has 1 aromatic rings. The van der Waals surface area contributed by atoms with Gasteiger partial charge in [-0.25, -0.2) is 0 Å². The van der Waals surface area contributed by atoms with Crippen LogP contribution in [0, 0.1) is 12.3 Å². The van der Waals surface area contributed by atoms with Gasteiger partial charge in [0.05, 0.1) is 0 Å². The van der Waals surface area contributed by atoms with E-state index in [-0.39, 0.29) is 19.1 Å². The summed E-state index contributed by atoms with van der Waals surface area (Å²) in [4.78, 5) is 40.1. The molecule has 8 heteroatoms. The van der Waals surface area contributed by atoms with Gasteiger partial charge < -0.3 is 0 Å². The van der Waals surface area contributed by atoms with Crippen LogP contribution in [0.25, 0.3) is 0 Å². The molecular weight excluding hydrogens is 501 g/mol. The third-order valence-electron chi connectivity index (χ3n) is 6.24. The van der Waals surface area contributed by atoms with E-state index in [2.05, 4.69) is 30.3 Å². The minimum absolute atomic E-state index is 0.119. The van der Waals surface area contributed by atoms with Crippen molar-refractivity contribution in [1.29, 1.82) is 0 Å². The normalized spacial score (nSPS) is 12.8. The number of ether oxygens (including phenoxy) is 1. The molecule has 0 heterocycles. The maximum absolute atomic E-state index is 12.5. The van der Waals surface area contributed by atoms with Crippen LogP contribution in [0.3, 0.4) is 0 Å². The first-order chi connectivity index (χ1) is 18.3. The zero-order valence-corrected chi connectivity index (χ0v) is 24.2.